The number of hydrogen-bond donors (Lipinski definition) is 0. The van der Waals surface area contributed by atoms with Crippen LogP contribution < -0.4 is 14.4 Å². The Hall–Kier alpha value is -3.11. The second-order valence-electron chi connectivity index (χ2n) is 7.72. The fraction of sp³-hybridized carbons (Fsp3) is 0.333. The molecule has 2 aliphatic heterocycles. The first-order valence-electron chi connectivity index (χ1n) is 10.1. The highest BCUT2D eigenvalue weighted by Gasteiger charge is 2.39. The number of thioether (sulfide) groups is 1. The largest absolute Gasteiger partial charge is 0.493 e. The molecule has 1 atom stereocenters. The van der Waals surface area contributed by atoms with Gasteiger partial charge in [-0.25, -0.2) is 0 Å². The van der Waals surface area contributed by atoms with Gasteiger partial charge in [-0.2, -0.15) is 5.26 Å². The number of methoxy groups -OCH3 is 2. The number of fused-ring (bicyclic) bond motifs is 1. The number of benzene rings is 2. The Morgan fingerprint density at radius 1 is 1.13 bits per heavy atom. The standard InChI is InChI=1S/C24H25N3O3S/c1-15-8-9-17(10-16(15)2)26-13-27-22(28)11-19(20(12-25)24(27)31-14-26)18-6-5-7-21(29-3)23(18)30-4/h5-10,19H,11,13-14H2,1-4H3/t19-/m1/s1. The molecule has 0 N–H and O–H groups in total. The normalized spacial score (nSPS) is 18.5. The molecule has 2 aromatic carbocycles. The maximum Gasteiger partial charge on any atom is 0.229 e. The molecule has 1 amide bonds. The van der Waals surface area contributed by atoms with Gasteiger partial charge in [-0.3, -0.25) is 9.69 Å². The lowest BCUT2D eigenvalue weighted by Crippen LogP contribution is -2.47. The summed E-state index contributed by atoms with van der Waals surface area (Å²) in [7, 11) is 3.16. The number of para-hydroxylation sites is 1. The van der Waals surface area contributed by atoms with Gasteiger partial charge in [-0.1, -0.05) is 30.0 Å². The number of anilines is 1. The Morgan fingerprint density at radius 3 is 2.61 bits per heavy atom. The molecule has 0 radical (unpaired) electrons. The topological polar surface area (TPSA) is 65.8 Å². The third-order valence-electron chi connectivity index (χ3n) is 5.96. The van der Waals surface area contributed by atoms with Crippen LogP contribution in [0.1, 0.15) is 29.0 Å². The van der Waals surface area contributed by atoms with E-state index in [1.807, 2.05) is 18.2 Å². The number of allylic oxidation sites excluding steroid dienone is 1. The highest BCUT2D eigenvalue weighted by Crippen LogP contribution is 2.47. The van der Waals surface area contributed by atoms with E-state index in [0.717, 1.165) is 16.3 Å². The fourth-order valence-corrected chi connectivity index (χ4v) is 5.27. The quantitative estimate of drug-likeness (QED) is 0.703. The molecule has 0 unspecified atom stereocenters. The number of nitriles is 1. The lowest BCUT2D eigenvalue weighted by molar-refractivity contribution is -0.129. The van der Waals surface area contributed by atoms with Crippen molar-refractivity contribution in [2.75, 3.05) is 31.7 Å². The van der Waals surface area contributed by atoms with Crippen LogP contribution in [0.4, 0.5) is 5.69 Å². The number of carbonyl (C=O) groups excluding carboxylic acids is 1. The zero-order valence-corrected chi connectivity index (χ0v) is 19.0. The van der Waals surface area contributed by atoms with E-state index in [0.29, 0.717) is 29.6 Å². The first-order valence-corrected chi connectivity index (χ1v) is 11.1. The summed E-state index contributed by atoms with van der Waals surface area (Å²) in [6.45, 7) is 4.62. The number of rotatable bonds is 4. The van der Waals surface area contributed by atoms with Gasteiger partial charge in [0.05, 0.1) is 43.4 Å². The first kappa shape index (κ1) is 21.1. The maximum atomic E-state index is 13.2. The summed E-state index contributed by atoms with van der Waals surface area (Å²) in [5, 5.41) is 10.8. The molecule has 0 saturated carbocycles. The lowest BCUT2D eigenvalue weighted by Gasteiger charge is -2.42. The highest BCUT2D eigenvalue weighted by molar-refractivity contribution is 8.03. The van der Waals surface area contributed by atoms with Gasteiger partial charge in [0, 0.05) is 23.6 Å². The Bertz CT molecular complexity index is 1110. The smallest absolute Gasteiger partial charge is 0.229 e. The SMILES string of the molecule is COc1cccc([C@H]2CC(=O)N3CN(c4ccc(C)c(C)c4)CSC3=C2C#N)c1OC. The van der Waals surface area contributed by atoms with Crippen molar-refractivity contribution in [1.29, 1.82) is 5.26 Å². The van der Waals surface area contributed by atoms with Crippen molar-refractivity contribution in [2.45, 2.75) is 26.2 Å². The predicted octanol–water partition coefficient (Wildman–Crippen LogP) is 4.54. The van der Waals surface area contributed by atoms with Crippen molar-refractivity contribution >= 4 is 23.4 Å². The van der Waals surface area contributed by atoms with E-state index in [-0.39, 0.29) is 18.2 Å². The van der Waals surface area contributed by atoms with Crippen molar-refractivity contribution in [1.82, 2.24) is 4.90 Å². The zero-order valence-electron chi connectivity index (χ0n) is 18.1. The minimum Gasteiger partial charge on any atom is -0.493 e. The van der Waals surface area contributed by atoms with Gasteiger partial charge >= 0.3 is 0 Å². The van der Waals surface area contributed by atoms with E-state index in [4.69, 9.17) is 9.47 Å². The molecule has 160 valence electrons. The number of hydrogen-bond acceptors (Lipinski definition) is 6. The van der Waals surface area contributed by atoms with Gasteiger partial charge in [0.2, 0.25) is 5.91 Å². The van der Waals surface area contributed by atoms with Gasteiger partial charge in [0.15, 0.2) is 11.5 Å². The third-order valence-corrected chi connectivity index (χ3v) is 7.11. The molecule has 2 aromatic rings. The molecule has 0 aromatic heterocycles. The highest BCUT2D eigenvalue weighted by atomic mass is 32.2. The van der Waals surface area contributed by atoms with Gasteiger partial charge in [-0.05, 0) is 43.2 Å². The molecule has 0 bridgehead atoms. The van der Waals surface area contributed by atoms with E-state index in [1.54, 1.807) is 19.1 Å². The zero-order chi connectivity index (χ0) is 22.1. The fourth-order valence-electron chi connectivity index (χ4n) is 4.10. The number of ether oxygens (including phenoxy) is 2. The van der Waals surface area contributed by atoms with Gasteiger partial charge in [0.1, 0.15) is 0 Å². The Morgan fingerprint density at radius 2 is 1.94 bits per heavy atom. The maximum absolute atomic E-state index is 13.2. The summed E-state index contributed by atoms with van der Waals surface area (Å²) >= 11 is 1.53. The Kier molecular flexibility index (Phi) is 5.84. The minimum absolute atomic E-state index is 0.00454. The van der Waals surface area contributed by atoms with Gasteiger partial charge in [0.25, 0.3) is 0 Å². The number of aryl methyl sites for hydroxylation is 2. The minimum atomic E-state index is -0.352. The van der Waals surface area contributed by atoms with E-state index in [2.05, 4.69) is 43.0 Å². The molecule has 2 heterocycles. The second kappa shape index (κ2) is 8.56. The molecule has 31 heavy (non-hydrogen) atoms. The van der Waals surface area contributed by atoms with Crippen LogP contribution in [0.5, 0.6) is 11.5 Å². The number of nitrogens with zero attached hydrogens (tertiary/aromatic N) is 3. The summed E-state index contributed by atoms with van der Waals surface area (Å²) in [5.74, 6) is 1.49. The molecule has 6 nitrogen and oxygen atoms in total. The molecular formula is C24H25N3O3S. The summed E-state index contributed by atoms with van der Waals surface area (Å²) < 4.78 is 11.0. The monoisotopic (exact) mass is 435 g/mol. The third kappa shape index (κ3) is 3.72. The summed E-state index contributed by atoms with van der Waals surface area (Å²) in [6, 6.07) is 14.3. The van der Waals surface area contributed by atoms with Gasteiger partial charge in [-0.15, -0.1) is 0 Å². The second-order valence-corrected chi connectivity index (χ2v) is 8.65. The Labute approximate surface area is 187 Å². The van der Waals surface area contributed by atoms with Crippen LogP contribution in [0, 0.1) is 25.2 Å². The van der Waals surface area contributed by atoms with Gasteiger partial charge < -0.3 is 14.4 Å². The molecule has 1 saturated heterocycles. The van der Waals surface area contributed by atoms with Crippen molar-refractivity contribution in [3.63, 3.8) is 0 Å². The van der Waals surface area contributed by atoms with Crippen LogP contribution >= 0.6 is 11.8 Å². The van der Waals surface area contributed by atoms with Crippen molar-refractivity contribution in [2.24, 2.45) is 0 Å². The predicted molar refractivity (Wildman–Crippen MR) is 122 cm³/mol. The molecule has 0 spiro atoms. The van der Waals surface area contributed by atoms with Crippen molar-refractivity contribution in [3.8, 4) is 17.6 Å². The van der Waals surface area contributed by atoms with Crippen LogP contribution in [0.25, 0.3) is 0 Å². The molecule has 4 rings (SSSR count). The molecule has 2 aliphatic rings. The summed E-state index contributed by atoms with van der Waals surface area (Å²) in [4.78, 5) is 17.1. The van der Waals surface area contributed by atoms with Crippen LogP contribution in [-0.4, -0.2) is 37.6 Å². The van der Waals surface area contributed by atoms with Crippen LogP contribution in [0.15, 0.2) is 47.0 Å². The molecule has 1 fully saturated rings. The van der Waals surface area contributed by atoms with Crippen LogP contribution in [-0.2, 0) is 4.79 Å². The van der Waals surface area contributed by atoms with E-state index in [1.165, 1.54) is 22.9 Å². The van der Waals surface area contributed by atoms with Crippen LogP contribution in [0.3, 0.4) is 0 Å². The molecule has 0 aliphatic carbocycles. The molecular weight excluding hydrogens is 410 g/mol. The average molecular weight is 436 g/mol. The number of amides is 1. The van der Waals surface area contributed by atoms with Crippen molar-refractivity contribution < 1.29 is 14.3 Å². The average Bonchev–Trinajstić information content (AvgIpc) is 2.80. The van der Waals surface area contributed by atoms with E-state index in [9.17, 15) is 10.1 Å². The summed E-state index contributed by atoms with van der Waals surface area (Å²) in [6.07, 6.45) is 0.219. The number of carbonyl (C=O) groups is 1. The Balaban J connectivity index is 1.70. The van der Waals surface area contributed by atoms with Crippen molar-refractivity contribution in [3.05, 3.63) is 63.7 Å². The van der Waals surface area contributed by atoms with E-state index < -0.39 is 0 Å². The van der Waals surface area contributed by atoms with Crippen LogP contribution in [0.2, 0.25) is 0 Å². The molecule has 7 heteroatoms. The summed E-state index contributed by atoms with van der Waals surface area (Å²) in [5.41, 5.74) is 4.95. The van der Waals surface area contributed by atoms with E-state index >= 15 is 0 Å². The first-order chi connectivity index (χ1) is 15.0. The lowest BCUT2D eigenvalue weighted by atomic mass is 9.85.